The van der Waals surface area contributed by atoms with Crippen LogP contribution in [0.25, 0.3) is 16.6 Å². The number of carbonyl (C=O) groups is 1. The minimum absolute atomic E-state index is 0.00696. The van der Waals surface area contributed by atoms with Crippen molar-refractivity contribution in [2.45, 2.75) is 24.1 Å². The second-order valence-corrected chi connectivity index (χ2v) is 6.74. The summed E-state index contributed by atoms with van der Waals surface area (Å²) in [7, 11) is 0. The number of nitrogens with zero attached hydrogens (tertiary/aromatic N) is 3. The summed E-state index contributed by atoms with van der Waals surface area (Å²) in [6.07, 6.45) is 2.26. The Labute approximate surface area is 143 Å². The zero-order valence-electron chi connectivity index (χ0n) is 13.1. The van der Waals surface area contributed by atoms with Gasteiger partial charge in [0.1, 0.15) is 0 Å². The molecule has 1 saturated heterocycles. The van der Waals surface area contributed by atoms with Gasteiger partial charge in [-0.3, -0.25) is 9.20 Å². The lowest BCUT2D eigenvalue weighted by atomic mass is 10.2. The predicted molar refractivity (Wildman–Crippen MR) is 93.2 cm³/mol. The first-order chi connectivity index (χ1) is 11.8. The van der Waals surface area contributed by atoms with Crippen LogP contribution in [0, 0.1) is 0 Å². The van der Waals surface area contributed by atoms with Crippen molar-refractivity contribution in [1.82, 2.24) is 19.9 Å². The molecule has 1 unspecified atom stereocenters. The summed E-state index contributed by atoms with van der Waals surface area (Å²) in [5, 5.41) is 13.2. The van der Waals surface area contributed by atoms with Crippen LogP contribution in [-0.2, 0) is 9.53 Å². The van der Waals surface area contributed by atoms with Gasteiger partial charge in [0.15, 0.2) is 10.8 Å². The Balaban J connectivity index is 1.46. The number of hydrogen-bond donors (Lipinski definition) is 1. The van der Waals surface area contributed by atoms with Crippen molar-refractivity contribution in [2.24, 2.45) is 0 Å². The average Bonchev–Trinajstić information content (AvgIpc) is 3.27. The molecule has 24 heavy (non-hydrogen) atoms. The molecule has 1 aromatic carbocycles. The molecule has 0 saturated carbocycles. The highest BCUT2D eigenvalue weighted by atomic mass is 32.2. The molecule has 6 nitrogen and oxygen atoms in total. The summed E-state index contributed by atoms with van der Waals surface area (Å²) in [5.41, 5.74) is 1.83. The lowest BCUT2D eigenvalue weighted by Crippen LogP contribution is -2.32. The first-order valence-corrected chi connectivity index (χ1v) is 9.04. The Hall–Kier alpha value is -2.12. The van der Waals surface area contributed by atoms with Gasteiger partial charge >= 0.3 is 0 Å². The number of amides is 1. The Morgan fingerprint density at radius 1 is 1.29 bits per heavy atom. The Morgan fingerprint density at radius 2 is 2.21 bits per heavy atom. The summed E-state index contributed by atoms with van der Waals surface area (Å²) in [4.78, 5) is 12.0. The average molecular weight is 342 g/mol. The summed E-state index contributed by atoms with van der Waals surface area (Å²) in [5.74, 6) is 0.309. The fourth-order valence-corrected chi connectivity index (χ4v) is 3.70. The third kappa shape index (κ3) is 3.09. The number of nitrogens with one attached hydrogen (secondary N) is 1. The van der Waals surface area contributed by atoms with Crippen molar-refractivity contribution in [3.63, 3.8) is 0 Å². The van der Waals surface area contributed by atoms with Crippen molar-refractivity contribution in [1.29, 1.82) is 0 Å². The Kier molecular flexibility index (Phi) is 4.36. The standard InChI is InChI=1S/C17H18N4O2S/c22-16(18-10-13-5-3-9-23-13)11-24-17-20-19-15-8-7-12-4-1-2-6-14(12)21(15)17/h1-2,4,6-8,13H,3,5,9-11H2,(H,18,22). The summed E-state index contributed by atoms with van der Waals surface area (Å²) in [6.45, 7) is 1.39. The normalized spacial score (nSPS) is 17.6. The van der Waals surface area contributed by atoms with E-state index in [-0.39, 0.29) is 12.0 Å². The predicted octanol–water partition coefficient (Wildman–Crippen LogP) is 2.27. The largest absolute Gasteiger partial charge is 0.376 e. The maximum Gasteiger partial charge on any atom is 0.230 e. The summed E-state index contributed by atoms with van der Waals surface area (Å²) in [6, 6.07) is 12.1. The number of hydrogen-bond acceptors (Lipinski definition) is 5. The van der Waals surface area contributed by atoms with Gasteiger partial charge in [-0.15, -0.1) is 10.2 Å². The van der Waals surface area contributed by atoms with Crippen LogP contribution in [0.1, 0.15) is 12.8 Å². The minimum atomic E-state index is -0.00696. The van der Waals surface area contributed by atoms with Crippen LogP contribution in [0.3, 0.4) is 0 Å². The van der Waals surface area contributed by atoms with E-state index in [9.17, 15) is 4.79 Å². The van der Waals surface area contributed by atoms with E-state index in [0.29, 0.717) is 12.3 Å². The van der Waals surface area contributed by atoms with Crippen molar-refractivity contribution in [3.05, 3.63) is 36.4 Å². The topological polar surface area (TPSA) is 68.5 Å². The molecule has 0 radical (unpaired) electrons. The van der Waals surface area contributed by atoms with Gasteiger partial charge in [-0.1, -0.05) is 30.0 Å². The first-order valence-electron chi connectivity index (χ1n) is 8.05. The van der Waals surface area contributed by atoms with Crippen molar-refractivity contribution in [2.75, 3.05) is 18.9 Å². The number of aromatic nitrogens is 3. The number of carbonyl (C=O) groups excluding carboxylic acids is 1. The lowest BCUT2D eigenvalue weighted by molar-refractivity contribution is -0.119. The molecule has 1 N–H and O–H groups in total. The molecule has 1 atom stereocenters. The van der Waals surface area contributed by atoms with Crippen molar-refractivity contribution < 1.29 is 9.53 Å². The molecular formula is C17H18N4O2S. The molecule has 0 aliphatic carbocycles. The zero-order valence-corrected chi connectivity index (χ0v) is 14.0. The van der Waals surface area contributed by atoms with Crippen LogP contribution < -0.4 is 5.32 Å². The summed E-state index contributed by atoms with van der Waals surface area (Å²) >= 11 is 1.40. The molecule has 0 spiro atoms. The van der Waals surface area contributed by atoms with Gasteiger partial charge in [0.05, 0.1) is 17.4 Å². The van der Waals surface area contributed by atoms with Gasteiger partial charge in [0.2, 0.25) is 5.91 Å². The van der Waals surface area contributed by atoms with E-state index in [4.69, 9.17) is 4.74 Å². The molecule has 0 bridgehead atoms. The van der Waals surface area contributed by atoms with Gasteiger partial charge in [0.25, 0.3) is 0 Å². The van der Waals surface area contributed by atoms with Crippen molar-refractivity contribution >= 4 is 34.2 Å². The van der Waals surface area contributed by atoms with Crippen LogP contribution >= 0.6 is 11.8 Å². The fourth-order valence-electron chi connectivity index (χ4n) is 2.92. The zero-order chi connectivity index (χ0) is 16.4. The van der Waals surface area contributed by atoms with Crippen LogP contribution in [0.15, 0.2) is 41.6 Å². The third-order valence-corrected chi connectivity index (χ3v) is 5.06. The highest BCUT2D eigenvalue weighted by Gasteiger charge is 2.17. The van der Waals surface area contributed by atoms with Crippen LogP contribution in [0.5, 0.6) is 0 Å². The number of fused-ring (bicyclic) bond motifs is 3. The highest BCUT2D eigenvalue weighted by Crippen LogP contribution is 2.23. The molecule has 1 amide bonds. The monoisotopic (exact) mass is 342 g/mol. The number of benzene rings is 1. The first kappa shape index (κ1) is 15.4. The highest BCUT2D eigenvalue weighted by molar-refractivity contribution is 7.99. The molecule has 2 aromatic heterocycles. The van der Waals surface area contributed by atoms with Gasteiger partial charge in [-0.2, -0.15) is 0 Å². The van der Waals surface area contributed by atoms with Crippen molar-refractivity contribution in [3.8, 4) is 0 Å². The molecular weight excluding hydrogens is 324 g/mol. The molecule has 3 aromatic rings. The van der Waals surface area contributed by atoms with E-state index < -0.39 is 0 Å². The Bertz CT molecular complexity index is 873. The summed E-state index contributed by atoms with van der Waals surface area (Å²) < 4.78 is 7.51. The quantitative estimate of drug-likeness (QED) is 0.721. The number of ether oxygens (including phenoxy) is 1. The molecule has 1 aliphatic heterocycles. The molecule has 1 fully saturated rings. The number of para-hydroxylation sites is 1. The van der Waals surface area contributed by atoms with Gasteiger partial charge in [-0.25, -0.2) is 0 Å². The SMILES string of the molecule is O=C(CSc1nnc2ccc3ccccc3n12)NCC1CCCO1. The van der Waals surface area contributed by atoms with E-state index in [1.165, 1.54) is 11.8 Å². The lowest BCUT2D eigenvalue weighted by Gasteiger charge is -2.10. The van der Waals surface area contributed by atoms with Crippen LogP contribution in [0.4, 0.5) is 0 Å². The smallest absolute Gasteiger partial charge is 0.230 e. The van der Waals surface area contributed by atoms with E-state index in [0.717, 1.165) is 41.2 Å². The van der Waals surface area contributed by atoms with Crippen LogP contribution in [0.2, 0.25) is 0 Å². The van der Waals surface area contributed by atoms with Gasteiger partial charge in [0, 0.05) is 13.2 Å². The maximum absolute atomic E-state index is 12.0. The molecule has 1 aliphatic rings. The van der Waals surface area contributed by atoms with Gasteiger partial charge < -0.3 is 10.1 Å². The molecule has 4 rings (SSSR count). The second-order valence-electron chi connectivity index (χ2n) is 5.80. The van der Waals surface area contributed by atoms with E-state index in [2.05, 4.69) is 21.6 Å². The van der Waals surface area contributed by atoms with E-state index >= 15 is 0 Å². The van der Waals surface area contributed by atoms with Crippen LogP contribution in [-0.4, -0.2) is 45.5 Å². The molecule has 124 valence electrons. The van der Waals surface area contributed by atoms with E-state index in [1.54, 1.807) is 0 Å². The molecule has 7 heteroatoms. The maximum atomic E-state index is 12.0. The van der Waals surface area contributed by atoms with Gasteiger partial charge in [-0.05, 0) is 36.4 Å². The minimum Gasteiger partial charge on any atom is -0.376 e. The van der Waals surface area contributed by atoms with E-state index in [1.807, 2.05) is 34.7 Å². The third-order valence-electron chi connectivity index (χ3n) is 4.13. The number of rotatable bonds is 5. The fraction of sp³-hybridized carbons (Fsp3) is 0.353. The molecule has 3 heterocycles. The Morgan fingerprint density at radius 3 is 3.08 bits per heavy atom. The number of pyridine rings is 1. The number of thioether (sulfide) groups is 1. The second kappa shape index (κ2) is 6.78.